The van der Waals surface area contributed by atoms with Crippen LogP contribution in [-0.4, -0.2) is 16.5 Å². The van der Waals surface area contributed by atoms with E-state index in [1.807, 2.05) is 6.26 Å². The maximum absolute atomic E-state index is 5.54. The Balaban J connectivity index is 2.12. The molecule has 0 bridgehead atoms. The quantitative estimate of drug-likeness (QED) is 0.786. The highest BCUT2D eigenvalue weighted by Gasteiger charge is 2.40. The van der Waals surface area contributed by atoms with Gasteiger partial charge in [-0.05, 0) is 25.5 Å². The molecule has 2 rings (SSSR count). The van der Waals surface area contributed by atoms with E-state index in [0.29, 0.717) is 0 Å². The number of halogens is 1. The fourth-order valence-electron chi connectivity index (χ4n) is 1.32. The van der Waals surface area contributed by atoms with Crippen LogP contribution in [0.25, 0.3) is 0 Å². The normalized spacial score (nSPS) is 19.8. The summed E-state index contributed by atoms with van der Waals surface area (Å²) in [4.78, 5) is 0. The Morgan fingerprint density at radius 1 is 1.54 bits per heavy atom. The van der Waals surface area contributed by atoms with Crippen LogP contribution >= 0.6 is 27.7 Å². The third-order valence-corrected chi connectivity index (χ3v) is 3.93. The molecular formula is C8H11BrN2OS. The van der Waals surface area contributed by atoms with Gasteiger partial charge in [0.15, 0.2) is 0 Å². The number of hydrogen-bond donors (Lipinski definition) is 0. The topological polar surface area (TPSA) is 38.9 Å². The van der Waals surface area contributed by atoms with Crippen LogP contribution in [0.15, 0.2) is 4.42 Å². The summed E-state index contributed by atoms with van der Waals surface area (Å²) in [6, 6.07) is 0. The van der Waals surface area contributed by atoms with Crippen LogP contribution in [0.5, 0.6) is 0 Å². The number of nitrogens with zero attached hydrogens (tertiary/aromatic N) is 2. The molecule has 0 saturated heterocycles. The number of hydrogen-bond acceptors (Lipinski definition) is 4. The molecule has 1 heterocycles. The van der Waals surface area contributed by atoms with Gasteiger partial charge in [0, 0.05) is 0 Å². The summed E-state index contributed by atoms with van der Waals surface area (Å²) < 4.78 is 5.54. The Hall–Kier alpha value is -0.0300. The summed E-state index contributed by atoms with van der Waals surface area (Å²) in [6.45, 7) is 0. The molecule has 0 N–H and O–H groups in total. The molecule has 1 aromatic heterocycles. The van der Waals surface area contributed by atoms with Gasteiger partial charge in [-0.3, -0.25) is 0 Å². The van der Waals surface area contributed by atoms with E-state index in [9.17, 15) is 0 Å². The second-order valence-electron chi connectivity index (χ2n) is 3.25. The monoisotopic (exact) mass is 262 g/mol. The number of aromatic nitrogens is 2. The maximum Gasteiger partial charge on any atom is 0.233 e. The summed E-state index contributed by atoms with van der Waals surface area (Å²) in [7, 11) is 0. The van der Waals surface area contributed by atoms with E-state index in [0.717, 1.165) is 30.4 Å². The average molecular weight is 263 g/mol. The van der Waals surface area contributed by atoms with Crippen molar-refractivity contribution in [3.63, 3.8) is 0 Å². The minimum atomic E-state index is -0.00332. The van der Waals surface area contributed by atoms with Gasteiger partial charge in [0.25, 0.3) is 0 Å². The van der Waals surface area contributed by atoms with Gasteiger partial charge >= 0.3 is 0 Å². The molecule has 1 aliphatic carbocycles. The Morgan fingerprint density at radius 2 is 2.31 bits per heavy atom. The van der Waals surface area contributed by atoms with E-state index in [1.54, 1.807) is 11.8 Å². The highest BCUT2D eigenvalue weighted by molar-refractivity contribution is 9.09. The highest BCUT2D eigenvalue weighted by Crippen LogP contribution is 2.48. The standard InChI is InChI=1S/C8H11BrN2OS/c1-13-5-6-10-11-7(12-6)8(9)3-2-4-8/h2-5H2,1H3. The third kappa shape index (κ3) is 1.76. The summed E-state index contributed by atoms with van der Waals surface area (Å²) in [5.41, 5.74) is 0. The van der Waals surface area contributed by atoms with E-state index in [-0.39, 0.29) is 4.32 Å². The Kier molecular flexibility index (Phi) is 2.65. The van der Waals surface area contributed by atoms with Crippen LogP contribution in [0.1, 0.15) is 31.0 Å². The van der Waals surface area contributed by atoms with Gasteiger partial charge < -0.3 is 4.42 Å². The predicted molar refractivity (Wildman–Crippen MR) is 56.0 cm³/mol. The molecule has 3 nitrogen and oxygen atoms in total. The summed E-state index contributed by atoms with van der Waals surface area (Å²) in [5.74, 6) is 2.28. The number of thioether (sulfide) groups is 1. The molecule has 13 heavy (non-hydrogen) atoms. The van der Waals surface area contributed by atoms with E-state index in [1.165, 1.54) is 6.42 Å². The molecule has 1 aromatic rings. The first-order valence-electron chi connectivity index (χ1n) is 4.25. The van der Waals surface area contributed by atoms with E-state index < -0.39 is 0 Å². The zero-order valence-corrected chi connectivity index (χ0v) is 9.82. The minimum absolute atomic E-state index is 0.00332. The molecule has 0 radical (unpaired) electrons. The SMILES string of the molecule is CSCc1nnc(C2(Br)CCC2)o1. The average Bonchev–Trinajstić information content (AvgIpc) is 2.50. The van der Waals surface area contributed by atoms with Crippen molar-refractivity contribution < 1.29 is 4.42 Å². The lowest BCUT2D eigenvalue weighted by atomic mass is 9.85. The third-order valence-electron chi connectivity index (χ3n) is 2.26. The molecule has 1 aliphatic rings. The first kappa shape index (κ1) is 9.52. The summed E-state index contributed by atoms with van der Waals surface area (Å²) in [5, 5.41) is 8.04. The summed E-state index contributed by atoms with van der Waals surface area (Å²) >= 11 is 5.33. The molecule has 5 heteroatoms. The van der Waals surface area contributed by atoms with Gasteiger partial charge in [0.2, 0.25) is 11.8 Å². The van der Waals surface area contributed by atoms with Crippen LogP contribution in [0, 0.1) is 0 Å². The fraction of sp³-hybridized carbons (Fsp3) is 0.750. The van der Waals surface area contributed by atoms with Crippen molar-refractivity contribution in [3.8, 4) is 0 Å². The van der Waals surface area contributed by atoms with Gasteiger partial charge in [0.1, 0.15) is 4.32 Å². The first-order chi connectivity index (χ1) is 6.24. The van der Waals surface area contributed by atoms with Crippen molar-refractivity contribution >= 4 is 27.7 Å². The van der Waals surface area contributed by atoms with Gasteiger partial charge in [-0.25, -0.2) is 0 Å². The molecule has 0 atom stereocenters. The lowest BCUT2D eigenvalue weighted by molar-refractivity contribution is 0.300. The van der Waals surface area contributed by atoms with Crippen molar-refractivity contribution in [3.05, 3.63) is 11.8 Å². The maximum atomic E-state index is 5.54. The Labute approximate surface area is 89.8 Å². The molecule has 0 aliphatic heterocycles. The fourth-order valence-corrected chi connectivity index (χ4v) is 2.40. The highest BCUT2D eigenvalue weighted by atomic mass is 79.9. The van der Waals surface area contributed by atoms with Crippen molar-refractivity contribution in [2.24, 2.45) is 0 Å². The molecule has 1 fully saturated rings. The van der Waals surface area contributed by atoms with Gasteiger partial charge in [-0.1, -0.05) is 15.9 Å². The minimum Gasteiger partial charge on any atom is -0.423 e. The molecular weight excluding hydrogens is 252 g/mol. The molecule has 0 aromatic carbocycles. The zero-order valence-electron chi connectivity index (χ0n) is 7.42. The zero-order chi connectivity index (χ0) is 9.31. The van der Waals surface area contributed by atoms with E-state index in [2.05, 4.69) is 26.1 Å². The Bertz CT molecular complexity index is 298. The molecule has 0 unspecified atom stereocenters. The van der Waals surface area contributed by atoms with Crippen molar-refractivity contribution in [2.75, 3.05) is 6.26 Å². The molecule has 0 amide bonds. The molecule has 72 valence electrons. The van der Waals surface area contributed by atoms with Crippen LogP contribution < -0.4 is 0 Å². The van der Waals surface area contributed by atoms with Crippen LogP contribution in [-0.2, 0) is 10.1 Å². The second-order valence-corrected chi connectivity index (χ2v) is 5.64. The number of alkyl halides is 1. The van der Waals surface area contributed by atoms with Gasteiger partial charge in [-0.15, -0.1) is 10.2 Å². The smallest absolute Gasteiger partial charge is 0.233 e. The van der Waals surface area contributed by atoms with Gasteiger partial charge in [0.05, 0.1) is 5.75 Å². The molecule has 0 spiro atoms. The lowest BCUT2D eigenvalue weighted by Gasteiger charge is -2.32. The largest absolute Gasteiger partial charge is 0.423 e. The second kappa shape index (κ2) is 3.61. The van der Waals surface area contributed by atoms with Crippen LogP contribution in [0.4, 0.5) is 0 Å². The van der Waals surface area contributed by atoms with Crippen molar-refractivity contribution in [2.45, 2.75) is 29.3 Å². The van der Waals surface area contributed by atoms with Crippen molar-refractivity contribution in [1.29, 1.82) is 0 Å². The lowest BCUT2D eigenvalue weighted by Crippen LogP contribution is -2.27. The van der Waals surface area contributed by atoms with E-state index in [4.69, 9.17) is 4.42 Å². The van der Waals surface area contributed by atoms with Crippen LogP contribution in [0.3, 0.4) is 0 Å². The predicted octanol–water partition coefficient (Wildman–Crippen LogP) is 2.71. The first-order valence-corrected chi connectivity index (χ1v) is 6.44. The molecule has 1 saturated carbocycles. The van der Waals surface area contributed by atoms with E-state index >= 15 is 0 Å². The van der Waals surface area contributed by atoms with Crippen LogP contribution in [0.2, 0.25) is 0 Å². The summed E-state index contributed by atoms with van der Waals surface area (Å²) in [6.07, 6.45) is 5.48. The van der Waals surface area contributed by atoms with Gasteiger partial charge in [-0.2, -0.15) is 11.8 Å². The Morgan fingerprint density at radius 3 is 2.85 bits per heavy atom. The van der Waals surface area contributed by atoms with Crippen molar-refractivity contribution in [1.82, 2.24) is 10.2 Å². The number of rotatable bonds is 3.